The van der Waals surface area contributed by atoms with E-state index in [0.29, 0.717) is 19.3 Å². The molecule has 216 valence electrons. The van der Waals surface area contributed by atoms with Crippen molar-refractivity contribution >= 4 is 29.7 Å². The molecule has 1 spiro atoms. The minimum atomic E-state index is -1.21. The number of cyclic esters (lactones) is 2. The molecule has 10 heteroatoms. The van der Waals surface area contributed by atoms with Gasteiger partial charge < -0.3 is 23.7 Å². The van der Waals surface area contributed by atoms with Crippen LogP contribution in [0.25, 0.3) is 0 Å². The van der Waals surface area contributed by atoms with Crippen molar-refractivity contribution in [2.75, 3.05) is 0 Å². The summed E-state index contributed by atoms with van der Waals surface area (Å²) in [5.74, 6) is -2.59. The molecule has 6 rings (SSSR count). The molecule has 10 atom stereocenters. The Labute approximate surface area is 232 Å². The Morgan fingerprint density at radius 3 is 2.25 bits per heavy atom. The molecule has 0 aromatic carbocycles. The fourth-order valence-electron chi connectivity index (χ4n) is 9.59. The number of carbonyl (C=O) groups excluding carboxylic acids is 5. The largest absolute Gasteiger partial charge is 0.462 e. The number of ether oxygens (including phenoxy) is 5. The lowest BCUT2D eigenvalue weighted by Gasteiger charge is -2.68. The molecule has 0 unspecified atom stereocenters. The SMILES string of the molecule is CC(=O)O[C@@H]1C=C([C@@H]2OC(=O)[C@H]3O[C@]34[C@@]3(C)[C@H](CC[C@@]24C)[C@@]2(C)C=CC(=O)C(C)(C)[C@@H]2C[C@H]3OC(C)=O)C(=O)O1. The molecule has 0 aromatic rings. The summed E-state index contributed by atoms with van der Waals surface area (Å²) in [6.07, 6.45) is 2.88. The highest BCUT2D eigenvalue weighted by Crippen LogP contribution is 2.78. The standard InChI is InChI=1S/C30H36O10/c1-14(31)36-20-13-18-26(3,4)19(33)9-10-27(18,5)17-8-11-28(6)22(16-12-21(37-15(2)32)38-24(16)34)39-25(35)23-30(28,40-23)29(17,20)7/h9-10,12,17-18,20-23H,8,11,13H2,1-7H3/t17-,18+,20-,21+,22+,23-,27-,28+,29+,30-/m1/s1. The van der Waals surface area contributed by atoms with Gasteiger partial charge in [-0.15, -0.1) is 0 Å². The Hall–Kier alpha value is -3.01. The maximum Gasteiger partial charge on any atom is 0.341 e. The first-order valence-electron chi connectivity index (χ1n) is 13.9. The molecule has 10 nitrogen and oxygen atoms in total. The van der Waals surface area contributed by atoms with Gasteiger partial charge in [0.2, 0.25) is 0 Å². The van der Waals surface area contributed by atoms with E-state index in [4.69, 9.17) is 23.7 Å². The van der Waals surface area contributed by atoms with E-state index in [1.54, 1.807) is 6.08 Å². The quantitative estimate of drug-likeness (QED) is 0.290. The van der Waals surface area contributed by atoms with Gasteiger partial charge in [0.25, 0.3) is 6.29 Å². The maximum atomic E-state index is 13.4. The third kappa shape index (κ3) is 3.11. The van der Waals surface area contributed by atoms with Gasteiger partial charge in [-0.05, 0) is 42.6 Å². The highest BCUT2D eigenvalue weighted by atomic mass is 16.7. The number of allylic oxidation sites excluding steroid dienone is 2. The van der Waals surface area contributed by atoms with Crippen LogP contribution in [0.15, 0.2) is 23.8 Å². The number of hydrogen-bond acceptors (Lipinski definition) is 10. The molecular weight excluding hydrogens is 520 g/mol. The third-order valence-electron chi connectivity index (χ3n) is 11.3. The monoisotopic (exact) mass is 556 g/mol. The highest BCUT2D eigenvalue weighted by molar-refractivity contribution is 5.96. The van der Waals surface area contributed by atoms with Crippen LogP contribution in [0.1, 0.15) is 67.7 Å². The second-order valence-corrected chi connectivity index (χ2v) is 13.5. The van der Waals surface area contributed by atoms with Gasteiger partial charge in [-0.2, -0.15) is 0 Å². The van der Waals surface area contributed by atoms with Gasteiger partial charge in [0.1, 0.15) is 17.8 Å². The lowest BCUT2D eigenvalue weighted by atomic mass is 9.35. The van der Waals surface area contributed by atoms with Crippen molar-refractivity contribution in [3.05, 3.63) is 23.8 Å². The summed E-state index contributed by atoms with van der Waals surface area (Å²) in [5.41, 5.74) is -3.89. The second-order valence-electron chi connectivity index (χ2n) is 13.5. The highest BCUT2D eigenvalue weighted by Gasteiger charge is 2.88. The molecule has 40 heavy (non-hydrogen) atoms. The van der Waals surface area contributed by atoms with Crippen molar-refractivity contribution in [2.45, 2.75) is 97.9 Å². The van der Waals surface area contributed by atoms with Crippen LogP contribution in [0.2, 0.25) is 0 Å². The topological polar surface area (TPSA) is 135 Å². The Morgan fingerprint density at radius 2 is 1.60 bits per heavy atom. The van der Waals surface area contributed by atoms with Crippen LogP contribution in [0.3, 0.4) is 0 Å². The summed E-state index contributed by atoms with van der Waals surface area (Å²) in [4.78, 5) is 63.5. The zero-order chi connectivity index (χ0) is 29.2. The van der Waals surface area contributed by atoms with E-state index >= 15 is 0 Å². The Kier molecular flexibility index (Phi) is 5.47. The van der Waals surface area contributed by atoms with Crippen molar-refractivity contribution in [3.8, 4) is 0 Å². The van der Waals surface area contributed by atoms with Gasteiger partial charge >= 0.3 is 23.9 Å². The number of carbonyl (C=O) groups is 5. The van der Waals surface area contributed by atoms with Gasteiger partial charge in [0.15, 0.2) is 11.9 Å². The van der Waals surface area contributed by atoms with Gasteiger partial charge in [-0.1, -0.05) is 40.7 Å². The first kappa shape index (κ1) is 27.2. The lowest BCUT2D eigenvalue weighted by molar-refractivity contribution is -0.247. The molecule has 2 saturated carbocycles. The smallest absolute Gasteiger partial charge is 0.341 e. The van der Waals surface area contributed by atoms with E-state index < -0.39 is 75.7 Å². The molecule has 2 saturated heterocycles. The van der Waals surface area contributed by atoms with E-state index in [9.17, 15) is 24.0 Å². The number of hydrogen-bond donors (Lipinski definition) is 0. The summed E-state index contributed by atoms with van der Waals surface area (Å²) in [7, 11) is 0. The average molecular weight is 557 g/mol. The van der Waals surface area contributed by atoms with Gasteiger partial charge in [-0.3, -0.25) is 14.4 Å². The van der Waals surface area contributed by atoms with Crippen molar-refractivity contribution in [1.82, 2.24) is 0 Å². The predicted molar refractivity (Wildman–Crippen MR) is 136 cm³/mol. The molecular formula is C30H36O10. The van der Waals surface area contributed by atoms with Crippen molar-refractivity contribution in [3.63, 3.8) is 0 Å². The van der Waals surface area contributed by atoms with Crippen LogP contribution in [-0.4, -0.2) is 59.9 Å². The van der Waals surface area contributed by atoms with Gasteiger partial charge in [0.05, 0.1) is 5.57 Å². The molecule has 4 fully saturated rings. The van der Waals surface area contributed by atoms with Crippen molar-refractivity contribution < 1.29 is 47.7 Å². The van der Waals surface area contributed by atoms with E-state index in [-0.39, 0.29) is 23.2 Å². The first-order valence-corrected chi connectivity index (χ1v) is 13.9. The van der Waals surface area contributed by atoms with Gasteiger partial charge in [-0.25, -0.2) is 9.59 Å². The molecule has 0 N–H and O–H groups in total. The fraction of sp³-hybridized carbons (Fsp3) is 0.700. The normalized spacial score (nSPS) is 47.9. The van der Waals surface area contributed by atoms with Crippen LogP contribution in [0.4, 0.5) is 0 Å². The summed E-state index contributed by atoms with van der Waals surface area (Å²) in [5, 5.41) is 0. The predicted octanol–water partition coefficient (Wildman–Crippen LogP) is 2.97. The van der Waals surface area contributed by atoms with Crippen LogP contribution in [-0.2, 0) is 47.7 Å². The van der Waals surface area contributed by atoms with Crippen LogP contribution in [0, 0.1) is 33.5 Å². The summed E-state index contributed by atoms with van der Waals surface area (Å²) in [6.45, 7) is 12.6. The average Bonchev–Trinajstić information content (AvgIpc) is 3.53. The van der Waals surface area contributed by atoms with Crippen molar-refractivity contribution in [2.24, 2.45) is 33.5 Å². The molecule has 0 amide bonds. The first-order chi connectivity index (χ1) is 18.5. The van der Waals surface area contributed by atoms with Crippen LogP contribution < -0.4 is 0 Å². The van der Waals surface area contributed by atoms with E-state index in [0.717, 1.165) is 0 Å². The maximum absolute atomic E-state index is 13.4. The van der Waals surface area contributed by atoms with E-state index in [2.05, 4.69) is 6.92 Å². The van der Waals surface area contributed by atoms with E-state index in [1.165, 1.54) is 19.9 Å². The van der Waals surface area contributed by atoms with E-state index in [1.807, 2.05) is 33.8 Å². The Morgan fingerprint density at radius 1 is 0.925 bits per heavy atom. The fourth-order valence-corrected chi connectivity index (χ4v) is 9.59. The molecule has 0 aromatic heterocycles. The summed E-state index contributed by atoms with van der Waals surface area (Å²) >= 11 is 0. The molecule has 3 aliphatic carbocycles. The molecule has 0 radical (unpaired) electrons. The molecule has 0 bridgehead atoms. The second kappa shape index (κ2) is 8.05. The number of rotatable bonds is 3. The van der Waals surface area contributed by atoms with Crippen LogP contribution in [0.5, 0.6) is 0 Å². The summed E-state index contributed by atoms with van der Waals surface area (Å²) < 4.78 is 28.8. The molecule has 6 aliphatic rings. The number of ketones is 1. The summed E-state index contributed by atoms with van der Waals surface area (Å²) in [6, 6.07) is 0. The number of fused-ring (bicyclic) bond motifs is 3. The Balaban J connectivity index is 1.50. The Bertz CT molecular complexity index is 1310. The number of esters is 4. The van der Waals surface area contributed by atoms with Gasteiger partial charge in [0, 0.05) is 36.2 Å². The molecule has 3 aliphatic heterocycles. The zero-order valence-electron chi connectivity index (χ0n) is 23.9. The zero-order valence-corrected chi connectivity index (χ0v) is 23.9. The molecule has 3 heterocycles. The van der Waals surface area contributed by atoms with Crippen molar-refractivity contribution in [1.29, 1.82) is 0 Å². The minimum Gasteiger partial charge on any atom is -0.462 e. The van der Waals surface area contributed by atoms with Crippen LogP contribution >= 0.6 is 0 Å². The third-order valence-corrected chi connectivity index (χ3v) is 11.3. The lowest BCUT2D eigenvalue weighted by Crippen LogP contribution is -2.74. The number of epoxide rings is 1. The minimum absolute atomic E-state index is 0.0369.